The molecule has 102 valence electrons. The molecule has 1 saturated heterocycles. The maximum atomic E-state index is 12.6. The summed E-state index contributed by atoms with van der Waals surface area (Å²) in [5, 5.41) is 0. The number of likely N-dealkylation sites (tertiary alicyclic amines) is 1. The fourth-order valence-electron chi connectivity index (χ4n) is 3.63. The van der Waals surface area contributed by atoms with Gasteiger partial charge < -0.3 is 10.6 Å². The Hall–Kier alpha value is -1.35. The number of amides is 1. The van der Waals surface area contributed by atoms with E-state index >= 15 is 0 Å². The summed E-state index contributed by atoms with van der Waals surface area (Å²) in [6.45, 7) is 5.83. The van der Waals surface area contributed by atoms with Crippen LogP contribution in [0.25, 0.3) is 0 Å². The molecular weight excluding hydrogens is 236 g/mol. The topological polar surface area (TPSA) is 46.3 Å². The number of benzene rings is 1. The van der Waals surface area contributed by atoms with Crippen molar-refractivity contribution in [3.63, 3.8) is 0 Å². The van der Waals surface area contributed by atoms with Gasteiger partial charge >= 0.3 is 0 Å². The van der Waals surface area contributed by atoms with E-state index in [-0.39, 0.29) is 5.91 Å². The molecule has 2 fully saturated rings. The minimum Gasteiger partial charge on any atom is -0.338 e. The molecule has 3 rings (SSSR count). The maximum Gasteiger partial charge on any atom is 0.254 e. The lowest BCUT2D eigenvalue weighted by Crippen LogP contribution is -2.33. The third-order valence-corrected chi connectivity index (χ3v) is 5.03. The van der Waals surface area contributed by atoms with Crippen LogP contribution in [0.3, 0.4) is 0 Å². The van der Waals surface area contributed by atoms with Gasteiger partial charge in [-0.2, -0.15) is 0 Å². The molecule has 3 heteroatoms. The molecule has 19 heavy (non-hydrogen) atoms. The van der Waals surface area contributed by atoms with Crippen molar-refractivity contribution in [1.82, 2.24) is 4.90 Å². The van der Waals surface area contributed by atoms with E-state index < -0.39 is 0 Å². The second-order valence-electron chi connectivity index (χ2n) is 6.12. The number of nitrogens with two attached hydrogens (primary N) is 1. The van der Waals surface area contributed by atoms with Crippen LogP contribution in [0.1, 0.15) is 34.3 Å². The zero-order valence-electron chi connectivity index (χ0n) is 11.7. The number of carbonyl (C=O) groups excluding carboxylic acids is 1. The Morgan fingerprint density at radius 3 is 2.79 bits per heavy atom. The van der Waals surface area contributed by atoms with Gasteiger partial charge in [-0.15, -0.1) is 0 Å². The highest BCUT2D eigenvalue weighted by molar-refractivity contribution is 5.96. The molecule has 1 aliphatic heterocycles. The van der Waals surface area contributed by atoms with Crippen LogP contribution < -0.4 is 5.73 Å². The van der Waals surface area contributed by atoms with E-state index in [9.17, 15) is 4.79 Å². The lowest BCUT2D eigenvalue weighted by Gasteiger charge is -2.20. The van der Waals surface area contributed by atoms with Crippen molar-refractivity contribution >= 4 is 5.91 Å². The Bertz CT molecular complexity index is 511. The minimum absolute atomic E-state index is 0.183. The number of hydrogen-bond donors (Lipinski definition) is 1. The van der Waals surface area contributed by atoms with Gasteiger partial charge in [0.05, 0.1) is 0 Å². The Morgan fingerprint density at radius 2 is 2.05 bits per heavy atom. The predicted octanol–water partition coefficient (Wildman–Crippen LogP) is 2.11. The van der Waals surface area contributed by atoms with E-state index in [1.165, 1.54) is 12.0 Å². The van der Waals surface area contributed by atoms with E-state index in [0.29, 0.717) is 17.9 Å². The van der Waals surface area contributed by atoms with Crippen molar-refractivity contribution in [2.45, 2.75) is 32.7 Å². The molecule has 1 amide bonds. The van der Waals surface area contributed by atoms with Crippen LogP contribution in [0.5, 0.6) is 0 Å². The smallest absolute Gasteiger partial charge is 0.254 e. The van der Waals surface area contributed by atoms with Crippen molar-refractivity contribution in [1.29, 1.82) is 0 Å². The molecule has 3 nitrogen and oxygen atoms in total. The number of aryl methyl sites for hydroxylation is 1. The fraction of sp³-hybridized carbons (Fsp3) is 0.562. The number of rotatable bonds is 1. The first-order valence-corrected chi connectivity index (χ1v) is 7.19. The zero-order valence-corrected chi connectivity index (χ0v) is 11.7. The van der Waals surface area contributed by atoms with Gasteiger partial charge in [0, 0.05) is 24.7 Å². The van der Waals surface area contributed by atoms with Gasteiger partial charge in [0.2, 0.25) is 0 Å². The van der Waals surface area contributed by atoms with E-state index in [4.69, 9.17) is 5.73 Å². The lowest BCUT2D eigenvalue weighted by molar-refractivity contribution is 0.0779. The second-order valence-corrected chi connectivity index (χ2v) is 6.12. The van der Waals surface area contributed by atoms with Gasteiger partial charge in [-0.1, -0.05) is 12.1 Å². The molecule has 3 atom stereocenters. The van der Waals surface area contributed by atoms with Crippen molar-refractivity contribution in [3.05, 3.63) is 34.9 Å². The first kappa shape index (κ1) is 12.7. The highest BCUT2D eigenvalue weighted by atomic mass is 16.2. The molecule has 1 aromatic rings. The van der Waals surface area contributed by atoms with E-state index in [2.05, 4.69) is 13.0 Å². The highest BCUT2D eigenvalue weighted by Crippen LogP contribution is 2.37. The number of carbonyl (C=O) groups is 1. The van der Waals surface area contributed by atoms with Crippen LogP contribution in [-0.2, 0) is 0 Å². The third-order valence-electron chi connectivity index (χ3n) is 5.03. The summed E-state index contributed by atoms with van der Waals surface area (Å²) < 4.78 is 0. The molecule has 2 N–H and O–H groups in total. The molecule has 1 aromatic carbocycles. The van der Waals surface area contributed by atoms with Gasteiger partial charge in [0.1, 0.15) is 0 Å². The molecule has 1 saturated carbocycles. The SMILES string of the molecule is Cc1cccc(C(=O)N2C[C@@H]3CC[C@H](N)[C@H]3C2)c1C. The first-order chi connectivity index (χ1) is 9.08. The molecule has 1 heterocycles. The average Bonchev–Trinajstić information content (AvgIpc) is 2.95. The lowest BCUT2D eigenvalue weighted by atomic mass is 9.98. The quantitative estimate of drug-likeness (QED) is 0.838. The molecule has 0 bridgehead atoms. The molecule has 0 radical (unpaired) electrons. The number of fused-ring (bicyclic) bond motifs is 1. The van der Waals surface area contributed by atoms with Crippen LogP contribution in [0.4, 0.5) is 0 Å². The molecular formula is C16H22N2O. The Morgan fingerprint density at radius 1 is 1.26 bits per heavy atom. The second kappa shape index (κ2) is 4.64. The van der Waals surface area contributed by atoms with E-state index in [0.717, 1.165) is 30.6 Å². The van der Waals surface area contributed by atoms with Crippen molar-refractivity contribution in [3.8, 4) is 0 Å². The van der Waals surface area contributed by atoms with Crippen LogP contribution in [-0.4, -0.2) is 29.9 Å². The van der Waals surface area contributed by atoms with Gasteiger partial charge in [0.15, 0.2) is 0 Å². The summed E-state index contributed by atoms with van der Waals surface area (Å²) in [5.74, 6) is 1.33. The van der Waals surface area contributed by atoms with Crippen LogP contribution in [0, 0.1) is 25.7 Å². The third kappa shape index (κ3) is 2.06. The Labute approximate surface area is 114 Å². The Balaban J connectivity index is 1.81. The highest BCUT2D eigenvalue weighted by Gasteiger charge is 2.42. The van der Waals surface area contributed by atoms with E-state index in [1.807, 2.05) is 24.0 Å². The standard InChI is InChI=1S/C16H22N2O/c1-10-4-3-5-13(11(10)2)16(19)18-8-12-6-7-15(17)14(12)9-18/h3-5,12,14-15H,6-9,17H2,1-2H3/t12-,14-,15-/m0/s1. The van der Waals surface area contributed by atoms with Crippen LogP contribution >= 0.6 is 0 Å². The normalized spacial score (nSPS) is 29.6. The maximum absolute atomic E-state index is 12.6. The average molecular weight is 258 g/mol. The minimum atomic E-state index is 0.183. The summed E-state index contributed by atoms with van der Waals surface area (Å²) in [6, 6.07) is 6.26. The van der Waals surface area contributed by atoms with Gasteiger partial charge in [0.25, 0.3) is 5.91 Å². The molecule has 2 aliphatic rings. The predicted molar refractivity (Wildman–Crippen MR) is 76.0 cm³/mol. The molecule has 0 spiro atoms. The number of hydrogen-bond acceptors (Lipinski definition) is 2. The van der Waals surface area contributed by atoms with E-state index in [1.54, 1.807) is 0 Å². The number of nitrogens with zero attached hydrogens (tertiary/aromatic N) is 1. The summed E-state index contributed by atoms with van der Waals surface area (Å²) in [5.41, 5.74) is 9.28. The summed E-state index contributed by atoms with van der Waals surface area (Å²) >= 11 is 0. The summed E-state index contributed by atoms with van der Waals surface area (Å²) in [4.78, 5) is 14.7. The largest absolute Gasteiger partial charge is 0.338 e. The van der Waals surface area contributed by atoms with Crippen molar-refractivity contribution < 1.29 is 4.79 Å². The molecule has 0 unspecified atom stereocenters. The van der Waals surface area contributed by atoms with Crippen molar-refractivity contribution in [2.24, 2.45) is 17.6 Å². The zero-order chi connectivity index (χ0) is 13.6. The monoisotopic (exact) mass is 258 g/mol. The van der Waals surface area contributed by atoms with Crippen LogP contribution in [0.2, 0.25) is 0 Å². The molecule has 1 aliphatic carbocycles. The fourth-order valence-corrected chi connectivity index (χ4v) is 3.63. The van der Waals surface area contributed by atoms with Gasteiger partial charge in [-0.3, -0.25) is 4.79 Å². The molecule has 0 aromatic heterocycles. The van der Waals surface area contributed by atoms with Gasteiger partial charge in [-0.05, 0) is 55.7 Å². The van der Waals surface area contributed by atoms with Crippen LogP contribution in [0.15, 0.2) is 18.2 Å². The Kier molecular flexibility index (Phi) is 3.09. The van der Waals surface area contributed by atoms with Gasteiger partial charge in [-0.25, -0.2) is 0 Å². The first-order valence-electron chi connectivity index (χ1n) is 7.19. The van der Waals surface area contributed by atoms with Crippen molar-refractivity contribution in [2.75, 3.05) is 13.1 Å². The summed E-state index contributed by atoms with van der Waals surface area (Å²) in [7, 11) is 0. The summed E-state index contributed by atoms with van der Waals surface area (Å²) in [6.07, 6.45) is 2.31.